The van der Waals surface area contributed by atoms with Crippen molar-refractivity contribution >= 4 is 18.6 Å². The van der Waals surface area contributed by atoms with E-state index in [0.29, 0.717) is 6.42 Å². The minimum absolute atomic E-state index is 0. The first kappa shape index (κ1) is 15.1. The normalized spacial score (nSPS) is 11.2. The van der Waals surface area contributed by atoms with Crippen LogP contribution in [0.3, 0.4) is 0 Å². The first-order valence-electron chi connectivity index (χ1n) is 5.74. The summed E-state index contributed by atoms with van der Waals surface area (Å²) in [6.45, 7) is 0. The molecule has 0 amide bonds. The number of halogens is 1. The number of rotatable bonds is 4. The van der Waals surface area contributed by atoms with Crippen molar-refractivity contribution in [3.8, 4) is 0 Å². The molecule has 0 bridgehead atoms. The third-order valence-corrected chi connectivity index (χ3v) is 2.68. The quantitative estimate of drug-likeness (QED) is 0.857. The second-order valence-corrected chi connectivity index (χ2v) is 3.97. The molecule has 100 valence electrons. The van der Waals surface area contributed by atoms with E-state index >= 15 is 0 Å². The van der Waals surface area contributed by atoms with E-state index in [1.165, 1.54) is 0 Å². The van der Waals surface area contributed by atoms with E-state index in [4.69, 9.17) is 9.84 Å². The zero-order valence-electron chi connectivity index (χ0n) is 10.2. The molecular weight excluding hydrogens is 264 g/mol. The molecule has 3 nitrogen and oxygen atoms in total. The SMILES string of the molecule is Cl.O=C(O)OC(Cc1ccccc1)c1ccccc1. The molecule has 0 heterocycles. The molecule has 19 heavy (non-hydrogen) atoms. The van der Waals surface area contributed by atoms with Crippen molar-refractivity contribution in [2.45, 2.75) is 12.5 Å². The van der Waals surface area contributed by atoms with E-state index in [1.54, 1.807) is 0 Å². The van der Waals surface area contributed by atoms with E-state index in [-0.39, 0.29) is 12.4 Å². The van der Waals surface area contributed by atoms with Crippen LogP contribution in [-0.4, -0.2) is 11.3 Å². The zero-order valence-corrected chi connectivity index (χ0v) is 11.0. The molecule has 0 saturated carbocycles. The maximum Gasteiger partial charge on any atom is 0.506 e. The number of hydrogen-bond acceptors (Lipinski definition) is 2. The van der Waals surface area contributed by atoms with Gasteiger partial charge in [-0.3, -0.25) is 0 Å². The maximum atomic E-state index is 10.8. The second-order valence-electron chi connectivity index (χ2n) is 3.97. The summed E-state index contributed by atoms with van der Waals surface area (Å²) in [7, 11) is 0. The van der Waals surface area contributed by atoms with Crippen LogP contribution in [0.15, 0.2) is 60.7 Å². The predicted molar refractivity (Wildman–Crippen MR) is 75.7 cm³/mol. The molecule has 0 aliphatic heterocycles. The molecule has 0 aromatic heterocycles. The lowest BCUT2D eigenvalue weighted by atomic mass is 10.0. The summed E-state index contributed by atoms with van der Waals surface area (Å²) in [6, 6.07) is 19.1. The Morgan fingerprint density at radius 3 is 2.05 bits per heavy atom. The highest BCUT2D eigenvalue weighted by Gasteiger charge is 2.16. The van der Waals surface area contributed by atoms with E-state index in [2.05, 4.69) is 0 Å². The van der Waals surface area contributed by atoms with Gasteiger partial charge in [0.15, 0.2) is 0 Å². The Hall–Kier alpha value is -2.00. The third kappa shape index (κ3) is 4.64. The molecule has 4 heteroatoms. The summed E-state index contributed by atoms with van der Waals surface area (Å²) in [5, 5.41) is 8.80. The molecule has 2 aromatic carbocycles. The minimum atomic E-state index is -1.25. The lowest BCUT2D eigenvalue weighted by Gasteiger charge is -2.16. The first-order valence-corrected chi connectivity index (χ1v) is 5.74. The van der Waals surface area contributed by atoms with Crippen LogP contribution in [0.4, 0.5) is 4.79 Å². The Morgan fingerprint density at radius 1 is 1.00 bits per heavy atom. The summed E-state index contributed by atoms with van der Waals surface area (Å²) in [6.07, 6.45) is -1.18. The van der Waals surface area contributed by atoms with Gasteiger partial charge in [-0.05, 0) is 11.1 Å². The van der Waals surface area contributed by atoms with E-state index in [1.807, 2.05) is 60.7 Å². The van der Waals surface area contributed by atoms with Crippen LogP contribution in [0.1, 0.15) is 17.2 Å². The summed E-state index contributed by atoms with van der Waals surface area (Å²) in [4.78, 5) is 10.8. The Labute approximate surface area is 118 Å². The minimum Gasteiger partial charge on any atom is -0.450 e. The van der Waals surface area contributed by atoms with Crippen molar-refractivity contribution in [3.05, 3.63) is 71.8 Å². The predicted octanol–water partition coefficient (Wildman–Crippen LogP) is 4.09. The van der Waals surface area contributed by atoms with Gasteiger partial charge >= 0.3 is 6.16 Å². The fourth-order valence-electron chi connectivity index (χ4n) is 1.85. The fourth-order valence-corrected chi connectivity index (χ4v) is 1.85. The van der Waals surface area contributed by atoms with Crippen LogP contribution in [0.25, 0.3) is 0 Å². The molecule has 1 atom stereocenters. The van der Waals surface area contributed by atoms with Gasteiger partial charge in [0.05, 0.1) is 0 Å². The van der Waals surface area contributed by atoms with Crippen LogP contribution >= 0.6 is 12.4 Å². The Kier molecular flexibility index (Phi) is 5.90. The first-order chi connectivity index (χ1) is 8.75. The van der Waals surface area contributed by atoms with E-state index in [0.717, 1.165) is 11.1 Å². The molecule has 0 saturated heterocycles. The fraction of sp³-hybridized carbons (Fsp3) is 0.133. The van der Waals surface area contributed by atoms with Crippen molar-refractivity contribution in [2.75, 3.05) is 0 Å². The molecule has 0 aliphatic rings. The molecule has 0 radical (unpaired) electrons. The van der Waals surface area contributed by atoms with E-state index < -0.39 is 12.3 Å². The van der Waals surface area contributed by atoms with Gasteiger partial charge in [-0.15, -0.1) is 12.4 Å². The summed E-state index contributed by atoms with van der Waals surface area (Å²) >= 11 is 0. The lowest BCUT2D eigenvalue weighted by Crippen LogP contribution is -2.11. The van der Waals surface area contributed by atoms with Gasteiger partial charge in [0.2, 0.25) is 0 Å². The molecule has 2 aromatic rings. The monoisotopic (exact) mass is 278 g/mol. The van der Waals surface area contributed by atoms with Gasteiger partial charge < -0.3 is 9.84 Å². The zero-order chi connectivity index (χ0) is 12.8. The van der Waals surface area contributed by atoms with Gasteiger partial charge in [-0.1, -0.05) is 60.7 Å². The summed E-state index contributed by atoms with van der Waals surface area (Å²) in [5.74, 6) is 0. The second kappa shape index (κ2) is 7.44. The highest BCUT2D eigenvalue weighted by atomic mass is 35.5. The number of ether oxygens (including phenoxy) is 1. The standard InChI is InChI=1S/C15H14O3.ClH/c16-15(17)18-14(13-9-5-2-6-10-13)11-12-7-3-1-4-8-12;/h1-10,14H,11H2,(H,16,17);1H. The van der Waals surface area contributed by atoms with E-state index in [9.17, 15) is 4.79 Å². The summed E-state index contributed by atoms with van der Waals surface area (Å²) in [5.41, 5.74) is 1.91. The van der Waals surface area contributed by atoms with Crippen molar-refractivity contribution in [3.63, 3.8) is 0 Å². The third-order valence-electron chi connectivity index (χ3n) is 2.68. The van der Waals surface area contributed by atoms with Gasteiger partial charge in [-0.2, -0.15) is 0 Å². The molecule has 1 N–H and O–H groups in total. The lowest BCUT2D eigenvalue weighted by molar-refractivity contribution is 0.0513. The largest absolute Gasteiger partial charge is 0.506 e. The van der Waals surface area contributed by atoms with Crippen molar-refractivity contribution in [2.24, 2.45) is 0 Å². The number of carboxylic acid groups (broad SMARTS) is 1. The van der Waals surface area contributed by atoms with Crippen molar-refractivity contribution in [1.82, 2.24) is 0 Å². The average Bonchev–Trinajstić information content (AvgIpc) is 2.40. The van der Waals surface area contributed by atoms with Gasteiger partial charge in [-0.25, -0.2) is 4.79 Å². The van der Waals surface area contributed by atoms with Crippen LogP contribution in [0, 0.1) is 0 Å². The Balaban J connectivity index is 0.00000180. The maximum absolute atomic E-state index is 10.8. The van der Waals surface area contributed by atoms with Gasteiger partial charge in [0.25, 0.3) is 0 Å². The topological polar surface area (TPSA) is 46.5 Å². The highest BCUT2D eigenvalue weighted by Crippen LogP contribution is 2.22. The molecule has 0 fully saturated rings. The molecule has 0 aliphatic carbocycles. The molecule has 2 rings (SSSR count). The van der Waals surface area contributed by atoms with Gasteiger partial charge in [0.1, 0.15) is 6.10 Å². The van der Waals surface area contributed by atoms with Crippen LogP contribution < -0.4 is 0 Å². The molecular formula is C15H15ClO3. The number of carbonyl (C=O) groups is 1. The smallest absolute Gasteiger partial charge is 0.450 e. The highest BCUT2D eigenvalue weighted by molar-refractivity contribution is 5.85. The average molecular weight is 279 g/mol. The summed E-state index contributed by atoms with van der Waals surface area (Å²) < 4.78 is 4.96. The molecule has 0 spiro atoms. The van der Waals surface area contributed by atoms with Gasteiger partial charge in [0, 0.05) is 6.42 Å². The molecule has 1 unspecified atom stereocenters. The van der Waals surface area contributed by atoms with Crippen molar-refractivity contribution < 1.29 is 14.6 Å². The Bertz CT molecular complexity index is 499. The number of benzene rings is 2. The number of hydrogen-bond donors (Lipinski definition) is 1. The van der Waals surface area contributed by atoms with Crippen LogP contribution in [0.2, 0.25) is 0 Å². The van der Waals surface area contributed by atoms with Crippen LogP contribution in [-0.2, 0) is 11.2 Å². The van der Waals surface area contributed by atoms with Crippen LogP contribution in [0.5, 0.6) is 0 Å². The Morgan fingerprint density at radius 2 is 1.53 bits per heavy atom. The van der Waals surface area contributed by atoms with Crippen molar-refractivity contribution in [1.29, 1.82) is 0 Å².